The molecule has 0 spiro atoms. The number of likely N-dealkylation sites (tertiary alicyclic amines) is 1. The summed E-state index contributed by atoms with van der Waals surface area (Å²) in [6.45, 7) is 2.98. The molecule has 13 nitrogen and oxygen atoms in total. The number of carbonyl (C=O) groups is 6. The number of Topliss-reactive ketones (excluding diaryl/α,β-unsaturated/α-hetero) is 1. The number of primary amides is 1. The van der Waals surface area contributed by atoms with Crippen LogP contribution in [-0.2, 0) is 35.3 Å². The summed E-state index contributed by atoms with van der Waals surface area (Å²) in [6, 6.07) is 7.96. The monoisotopic (exact) mass is 657 g/mol. The lowest BCUT2D eigenvalue weighted by atomic mass is 9.75. The second-order valence-electron chi connectivity index (χ2n) is 12.9. The van der Waals surface area contributed by atoms with Gasteiger partial charge in [-0.2, -0.15) is 0 Å². The quantitative estimate of drug-likeness (QED) is 0.182. The lowest BCUT2D eigenvalue weighted by Gasteiger charge is -2.36. The zero-order valence-corrected chi connectivity index (χ0v) is 27.5. The maximum absolute atomic E-state index is 13.5. The highest BCUT2D eigenvalue weighted by molar-refractivity contribution is 6.15. The highest BCUT2D eigenvalue weighted by Gasteiger charge is 2.49. The van der Waals surface area contributed by atoms with Crippen LogP contribution in [0.25, 0.3) is 0 Å². The molecule has 2 fully saturated rings. The van der Waals surface area contributed by atoms with Crippen LogP contribution < -0.4 is 16.8 Å². The highest BCUT2D eigenvalue weighted by atomic mass is 16.6. The maximum atomic E-state index is 13.5. The number of aliphatic carboxylic acids is 1. The van der Waals surface area contributed by atoms with Crippen molar-refractivity contribution in [3.05, 3.63) is 35.9 Å². The number of hydrogen-bond acceptors (Lipinski definition) is 8. The lowest BCUT2D eigenvalue weighted by Crippen LogP contribution is -2.68. The number of likely N-dealkylation sites (N-methyl/N-ethyl adjacent to an activating group) is 1. The zero-order chi connectivity index (χ0) is 34.4. The Morgan fingerprint density at radius 1 is 1.02 bits per heavy atom. The van der Waals surface area contributed by atoms with Crippen LogP contribution in [0, 0.1) is 11.8 Å². The number of ether oxygens (including phenoxy) is 1. The summed E-state index contributed by atoms with van der Waals surface area (Å²) in [6.07, 6.45) is 6.43. The van der Waals surface area contributed by atoms with Crippen LogP contribution in [0.15, 0.2) is 30.3 Å². The number of nitrogens with zero attached hydrogens (tertiary/aromatic N) is 2. The number of carboxylic acid groups (broad SMARTS) is 1. The molecule has 13 heteroatoms. The van der Waals surface area contributed by atoms with Crippen molar-refractivity contribution in [2.75, 3.05) is 26.2 Å². The molecular formula is C34H51N5O8. The molecule has 6 N–H and O–H groups in total. The Hall–Kier alpha value is -4.00. The van der Waals surface area contributed by atoms with E-state index in [-0.39, 0.29) is 50.5 Å². The van der Waals surface area contributed by atoms with Crippen molar-refractivity contribution < 1.29 is 38.6 Å². The number of nitrogens with two attached hydrogens (primary N) is 2. The fourth-order valence-corrected chi connectivity index (χ4v) is 6.66. The lowest BCUT2D eigenvalue weighted by molar-refractivity contribution is -0.146. The number of piperidine rings is 1. The summed E-state index contributed by atoms with van der Waals surface area (Å²) in [5.41, 5.74) is 10.4. The predicted molar refractivity (Wildman–Crippen MR) is 174 cm³/mol. The molecule has 0 unspecified atom stereocenters. The van der Waals surface area contributed by atoms with Crippen molar-refractivity contribution >= 4 is 35.6 Å². The number of hydrogen-bond donors (Lipinski definition) is 4. The van der Waals surface area contributed by atoms with Crippen LogP contribution in [-0.4, -0.2) is 88.2 Å². The van der Waals surface area contributed by atoms with Gasteiger partial charge in [0.25, 0.3) is 5.91 Å². The molecule has 3 rings (SSSR count). The normalized spacial score (nSPS) is 17.6. The van der Waals surface area contributed by atoms with Gasteiger partial charge in [0.1, 0.15) is 6.61 Å². The van der Waals surface area contributed by atoms with Crippen LogP contribution in [0.2, 0.25) is 0 Å². The minimum absolute atomic E-state index is 0.0656. The number of nitrogens with one attached hydrogen (secondary N) is 1. The molecule has 2 atom stereocenters. The zero-order valence-electron chi connectivity index (χ0n) is 27.5. The minimum Gasteiger partial charge on any atom is -0.481 e. The third-order valence-electron chi connectivity index (χ3n) is 9.39. The van der Waals surface area contributed by atoms with E-state index in [1.165, 1.54) is 4.90 Å². The molecule has 1 aliphatic heterocycles. The third kappa shape index (κ3) is 11.3. The second kappa shape index (κ2) is 18.4. The molecule has 1 saturated carbocycles. The average Bonchev–Trinajstić information content (AvgIpc) is 3.06. The van der Waals surface area contributed by atoms with Gasteiger partial charge in [-0.05, 0) is 56.4 Å². The van der Waals surface area contributed by atoms with Crippen molar-refractivity contribution in [1.29, 1.82) is 0 Å². The van der Waals surface area contributed by atoms with Gasteiger partial charge in [0.05, 0.1) is 19.0 Å². The fraction of sp³-hybridized carbons (Fsp3) is 0.647. The molecule has 4 amide bonds. The van der Waals surface area contributed by atoms with Crippen molar-refractivity contribution in [1.82, 2.24) is 15.1 Å². The van der Waals surface area contributed by atoms with E-state index in [4.69, 9.17) is 16.2 Å². The molecule has 1 heterocycles. The van der Waals surface area contributed by atoms with E-state index in [0.29, 0.717) is 25.4 Å². The van der Waals surface area contributed by atoms with Crippen LogP contribution in [0.5, 0.6) is 0 Å². The van der Waals surface area contributed by atoms with E-state index < -0.39 is 41.6 Å². The third-order valence-corrected chi connectivity index (χ3v) is 9.39. The first-order valence-corrected chi connectivity index (χ1v) is 16.8. The molecule has 0 bridgehead atoms. The molecule has 1 aromatic carbocycles. The summed E-state index contributed by atoms with van der Waals surface area (Å²) in [7, 11) is 0. The molecule has 47 heavy (non-hydrogen) atoms. The second-order valence-corrected chi connectivity index (χ2v) is 12.9. The minimum atomic E-state index is -2.17. The van der Waals surface area contributed by atoms with Gasteiger partial charge in [0.15, 0.2) is 11.3 Å². The van der Waals surface area contributed by atoms with Crippen molar-refractivity contribution in [3.63, 3.8) is 0 Å². The van der Waals surface area contributed by atoms with Gasteiger partial charge in [0, 0.05) is 26.1 Å². The summed E-state index contributed by atoms with van der Waals surface area (Å²) in [4.78, 5) is 79.5. The van der Waals surface area contributed by atoms with E-state index in [9.17, 15) is 33.9 Å². The molecule has 2 aliphatic rings. The Morgan fingerprint density at radius 2 is 1.68 bits per heavy atom. The Labute approximate surface area is 276 Å². The largest absolute Gasteiger partial charge is 0.481 e. The molecule has 0 radical (unpaired) electrons. The first kappa shape index (κ1) is 37.5. The van der Waals surface area contributed by atoms with Gasteiger partial charge < -0.3 is 36.4 Å². The molecule has 0 aromatic heterocycles. The Kier molecular flexibility index (Phi) is 14.6. The Balaban J connectivity index is 1.50. The van der Waals surface area contributed by atoms with Crippen LogP contribution in [0.3, 0.4) is 0 Å². The summed E-state index contributed by atoms with van der Waals surface area (Å²) in [5, 5.41) is 11.7. The van der Waals surface area contributed by atoms with Crippen LogP contribution in [0.4, 0.5) is 4.79 Å². The van der Waals surface area contributed by atoms with E-state index in [1.54, 1.807) is 11.8 Å². The summed E-state index contributed by atoms with van der Waals surface area (Å²) < 4.78 is 5.44. The van der Waals surface area contributed by atoms with Crippen molar-refractivity contribution in [3.8, 4) is 0 Å². The molecule has 1 saturated heterocycles. The molecule has 1 aliphatic carbocycles. The van der Waals surface area contributed by atoms with E-state index in [0.717, 1.165) is 56.9 Å². The van der Waals surface area contributed by atoms with E-state index in [1.807, 2.05) is 30.3 Å². The van der Waals surface area contributed by atoms with Gasteiger partial charge in [-0.15, -0.1) is 0 Å². The number of carbonyl (C=O) groups excluding carboxylic acids is 5. The number of amides is 4. The average molecular weight is 658 g/mol. The smallest absolute Gasteiger partial charge is 0.410 e. The van der Waals surface area contributed by atoms with Gasteiger partial charge in [-0.25, -0.2) is 4.79 Å². The van der Waals surface area contributed by atoms with Crippen LogP contribution in [0.1, 0.15) is 89.5 Å². The Bertz CT molecular complexity index is 1230. The van der Waals surface area contributed by atoms with Crippen molar-refractivity contribution in [2.24, 2.45) is 23.3 Å². The van der Waals surface area contributed by atoms with Gasteiger partial charge >= 0.3 is 12.1 Å². The topological polar surface area (TPSA) is 202 Å². The fourth-order valence-electron chi connectivity index (χ4n) is 6.66. The molecule has 260 valence electrons. The molecular weight excluding hydrogens is 606 g/mol. The van der Waals surface area contributed by atoms with Gasteiger partial charge in [-0.3, -0.25) is 24.0 Å². The SMILES string of the molecule is CCN(CC(=O)N[C@@](CC1CCCCC1)(C(N)=O)C(=O)[C@@H](N)CC(=O)O)C(=O)CCCC1CCN(C(=O)OCc2ccccc2)CC1. The highest BCUT2D eigenvalue weighted by Crippen LogP contribution is 2.32. The first-order chi connectivity index (χ1) is 22.4. The van der Waals surface area contributed by atoms with Gasteiger partial charge in [-0.1, -0.05) is 62.4 Å². The van der Waals surface area contributed by atoms with Crippen LogP contribution >= 0.6 is 0 Å². The van der Waals surface area contributed by atoms with Crippen molar-refractivity contribution in [2.45, 2.75) is 102 Å². The summed E-state index contributed by atoms with van der Waals surface area (Å²) in [5.74, 6) is -4.04. The number of rotatable bonds is 17. The predicted octanol–water partition coefficient (Wildman–Crippen LogP) is 2.74. The standard InChI is InChI=1S/C34H51N5O8/c1-2-38(29(41)15-9-14-24-16-18-39(19-17-24)33(46)47-23-26-12-7-4-8-13-26)22-28(40)37-34(32(36)45,21-25-10-5-3-6-11-25)31(44)27(35)20-30(42)43/h4,7-8,12-13,24-25,27H,2-3,5-6,9-11,14-23,35H2,1H3,(H2,36,45)(H,37,40)(H,42,43)/t27-,34+/m0/s1. The molecule has 1 aromatic rings. The summed E-state index contributed by atoms with van der Waals surface area (Å²) >= 11 is 0. The Morgan fingerprint density at radius 3 is 2.28 bits per heavy atom. The number of benzene rings is 1. The maximum Gasteiger partial charge on any atom is 0.410 e. The van der Waals surface area contributed by atoms with Gasteiger partial charge in [0.2, 0.25) is 11.8 Å². The van der Waals surface area contributed by atoms with E-state index >= 15 is 0 Å². The number of ketones is 1. The number of carboxylic acids is 1. The van der Waals surface area contributed by atoms with E-state index in [2.05, 4.69) is 5.32 Å². The first-order valence-electron chi connectivity index (χ1n) is 16.8.